The third-order valence-electron chi connectivity index (χ3n) is 5.14. The Morgan fingerprint density at radius 2 is 1.92 bits per heavy atom. The van der Waals surface area contributed by atoms with Crippen molar-refractivity contribution in [3.05, 3.63) is 71.8 Å². The molecule has 0 radical (unpaired) electrons. The van der Waals surface area contributed by atoms with Gasteiger partial charge in [-0.1, -0.05) is 67.6 Å². The summed E-state index contributed by atoms with van der Waals surface area (Å²) in [6.07, 6.45) is 14.5. The van der Waals surface area contributed by atoms with Gasteiger partial charge in [-0.25, -0.2) is 0 Å². The van der Waals surface area contributed by atoms with E-state index >= 15 is 0 Å². The standard InChI is InChI=1S/C22H27NO/c1-18-13-15-23(16-14-18)22(24)17-21(20-11-7-4-8-12-20)19-9-5-2-3-6-10-19/h2-5,7-12,18,21H,6,13-17H2,1H3. The van der Waals surface area contributed by atoms with Gasteiger partial charge >= 0.3 is 0 Å². The normalized spacial score (nSPS) is 19.7. The maximum absolute atomic E-state index is 12.9. The minimum absolute atomic E-state index is 0.147. The molecular formula is C22H27NO. The third kappa shape index (κ3) is 4.25. The van der Waals surface area contributed by atoms with Crippen LogP contribution in [0.2, 0.25) is 0 Å². The van der Waals surface area contributed by atoms with Crippen LogP contribution in [0.25, 0.3) is 0 Å². The number of nitrogens with zero attached hydrogens (tertiary/aromatic N) is 1. The predicted molar refractivity (Wildman–Crippen MR) is 99.8 cm³/mol. The van der Waals surface area contributed by atoms with Crippen molar-refractivity contribution in [2.24, 2.45) is 5.92 Å². The van der Waals surface area contributed by atoms with Gasteiger partial charge in [0.05, 0.1) is 0 Å². The highest BCUT2D eigenvalue weighted by Crippen LogP contribution is 2.31. The summed E-state index contributed by atoms with van der Waals surface area (Å²) in [4.78, 5) is 14.9. The number of carbonyl (C=O) groups excluding carboxylic acids is 1. The lowest BCUT2D eigenvalue weighted by atomic mass is 9.86. The molecule has 1 aliphatic carbocycles. The summed E-state index contributed by atoms with van der Waals surface area (Å²) in [7, 11) is 0. The van der Waals surface area contributed by atoms with E-state index in [1.54, 1.807) is 0 Å². The van der Waals surface area contributed by atoms with Crippen LogP contribution in [0.1, 0.15) is 44.1 Å². The largest absolute Gasteiger partial charge is 0.343 e. The fourth-order valence-corrected chi connectivity index (χ4v) is 3.53. The fourth-order valence-electron chi connectivity index (χ4n) is 3.53. The van der Waals surface area contributed by atoms with Crippen molar-refractivity contribution in [3.8, 4) is 0 Å². The molecule has 2 nitrogen and oxygen atoms in total. The predicted octanol–water partition coefficient (Wildman–Crippen LogP) is 4.86. The van der Waals surface area contributed by atoms with Crippen LogP contribution in [0.4, 0.5) is 0 Å². The summed E-state index contributed by atoms with van der Waals surface area (Å²) < 4.78 is 0. The Bertz CT molecular complexity index is 633. The van der Waals surface area contributed by atoms with Gasteiger partial charge in [-0.3, -0.25) is 4.79 Å². The molecule has 1 aliphatic heterocycles. The van der Waals surface area contributed by atoms with Crippen molar-refractivity contribution < 1.29 is 4.79 Å². The van der Waals surface area contributed by atoms with Crippen molar-refractivity contribution in [2.45, 2.75) is 38.5 Å². The van der Waals surface area contributed by atoms with E-state index in [1.165, 1.54) is 11.1 Å². The molecule has 1 amide bonds. The number of hydrogen-bond donors (Lipinski definition) is 0. The molecule has 0 saturated carbocycles. The van der Waals surface area contributed by atoms with E-state index in [0.29, 0.717) is 12.3 Å². The molecule has 0 aromatic heterocycles. The molecule has 1 aromatic rings. The van der Waals surface area contributed by atoms with Gasteiger partial charge in [-0.15, -0.1) is 0 Å². The van der Waals surface area contributed by atoms with Crippen molar-refractivity contribution in [2.75, 3.05) is 13.1 Å². The zero-order valence-corrected chi connectivity index (χ0v) is 14.5. The molecule has 1 heterocycles. The van der Waals surface area contributed by atoms with E-state index in [4.69, 9.17) is 0 Å². The van der Waals surface area contributed by atoms with E-state index in [0.717, 1.165) is 38.3 Å². The maximum atomic E-state index is 12.9. The molecule has 0 bridgehead atoms. The number of hydrogen-bond acceptors (Lipinski definition) is 1. The summed E-state index contributed by atoms with van der Waals surface area (Å²) in [5, 5.41) is 0. The number of amides is 1. The average Bonchev–Trinajstić information content (AvgIpc) is 2.90. The molecule has 24 heavy (non-hydrogen) atoms. The summed E-state index contributed by atoms with van der Waals surface area (Å²) >= 11 is 0. The Hall–Kier alpha value is -2.09. The second-order valence-corrected chi connectivity index (χ2v) is 6.96. The van der Waals surface area contributed by atoms with E-state index < -0.39 is 0 Å². The second kappa shape index (κ2) is 8.14. The summed E-state index contributed by atoms with van der Waals surface area (Å²) in [5.41, 5.74) is 2.49. The number of rotatable bonds is 4. The fraction of sp³-hybridized carbons (Fsp3) is 0.409. The third-order valence-corrected chi connectivity index (χ3v) is 5.14. The van der Waals surface area contributed by atoms with Crippen LogP contribution in [0.5, 0.6) is 0 Å². The summed E-state index contributed by atoms with van der Waals surface area (Å²) in [5.74, 6) is 1.19. The van der Waals surface area contributed by atoms with Gasteiger partial charge < -0.3 is 4.90 Å². The van der Waals surface area contributed by atoms with Gasteiger partial charge in [-0.05, 0) is 36.3 Å². The van der Waals surface area contributed by atoms with Crippen LogP contribution < -0.4 is 0 Å². The van der Waals surface area contributed by atoms with Crippen LogP contribution in [-0.2, 0) is 4.79 Å². The minimum atomic E-state index is 0.147. The lowest BCUT2D eigenvalue weighted by molar-refractivity contribution is -0.132. The van der Waals surface area contributed by atoms with Crippen LogP contribution in [-0.4, -0.2) is 23.9 Å². The van der Waals surface area contributed by atoms with E-state index in [-0.39, 0.29) is 5.92 Å². The van der Waals surface area contributed by atoms with Crippen LogP contribution >= 0.6 is 0 Å². The van der Waals surface area contributed by atoms with Gasteiger partial charge in [-0.2, -0.15) is 0 Å². The first-order valence-electron chi connectivity index (χ1n) is 9.10. The van der Waals surface area contributed by atoms with Gasteiger partial charge in [0.15, 0.2) is 0 Å². The van der Waals surface area contributed by atoms with Gasteiger partial charge in [0.25, 0.3) is 0 Å². The highest BCUT2D eigenvalue weighted by molar-refractivity contribution is 5.78. The topological polar surface area (TPSA) is 20.3 Å². The van der Waals surface area contributed by atoms with Crippen LogP contribution in [0.15, 0.2) is 66.3 Å². The van der Waals surface area contributed by atoms with Gasteiger partial charge in [0.2, 0.25) is 5.91 Å². The van der Waals surface area contributed by atoms with Crippen molar-refractivity contribution >= 4 is 5.91 Å². The molecule has 0 N–H and O–H groups in total. The van der Waals surface area contributed by atoms with Crippen molar-refractivity contribution in [1.29, 1.82) is 0 Å². The molecule has 1 fully saturated rings. The molecule has 1 unspecified atom stereocenters. The SMILES string of the molecule is CC1CCN(C(=O)CC(C2=CCC=CC=C2)c2ccccc2)CC1. The van der Waals surface area contributed by atoms with Crippen molar-refractivity contribution in [3.63, 3.8) is 0 Å². The van der Waals surface area contributed by atoms with Gasteiger partial charge in [0.1, 0.15) is 0 Å². The molecule has 1 aromatic carbocycles. The lowest BCUT2D eigenvalue weighted by Crippen LogP contribution is -2.38. The number of likely N-dealkylation sites (tertiary alicyclic amines) is 1. The molecule has 2 aliphatic rings. The Morgan fingerprint density at radius 1 is 1.17 bits per heavy atom. The monoisotopic (exact) mass is 321 g/mol. The first-order valence-corrected chi connectivity index (χ1v) is 9.10. The Balaban J connectivity index is 1.77. The number of carbonyl (C=O) groups is 1. The summed E-state index contributed by atoms with van der Waals surface area (Å²) in [6, 6.07) is 10.4. The first kappa shape index (κ1) is 16.8. The van der Waals surface area contributed by atoms with E-state index in [1.807, 2.05) is 6.07 Å². The quantitative estimate of drug-likeness (QED) is 0.775. The van der Waals surface area contributed by atoms with Crippen LogP contribution in [0, 0.1) is 5.92 Å². The van der Waals surface area contributed by atoms with Crippen LogP contribution in [0.3, 0.4) is 0 Å². The lowest BCUT2D eigenvalue weighted by Gasteiger charge is -2.32. The number of piperidine rings is 1. The second-order valence-electron chi connectivity index (χ2n) is 6.96. The molecule has 126 valence electrons. The molecule has 1 atom stereocenters. The van der Waals surface area contributed by atoms with Gasteiger partial charge in [0, 0.05) is 25.4 Å². The smallest absolute Gasteiger partial charge is 0.223 e. The molecule has 3 rings (SSSR count). The zero-order chi connectivity index (χ0) is 16.8. The highest BCUT2D eigenvalue weighted by atomic mass is 16.2. The zero-order valence-electron chi connectivity index (χ0n) is 14.5. The molecule has 1 saturated heterocycles. The maximum Gasteiger partial charge on any atom is 0.223 e. The Morgan fingerprint density at radius 3 is 2.67 bits per heavy atom. The Kier molecular flexibility index (Phi) is 5.68. The Labute approximate surface area is 145 Å². The van der Waals surface area contributed by atoms with E-state index in [9.17, 15) is 4.79 Å². The minimum Gasteiger partial charge on any atom is -0.343 e. The molecule has 0 spiro atoms. The first-order chi connectivity index (χ1) is 11.7. The number of allylic oxidation sites excluding steroid dienone is 6. The average molecular weight is 321 g/mol. The van der Waals surface area contributed by atoms with Crippen molar-refractivity contribution in [1.82, 2.24) is 4.90 Å². The molecule has 2 heteroatoms. The highest BCUT2D eigenvalue weighted by Gasteiger charge is 2.25. The molecular weight excluding hydrogens is 294 g/mol. The number of benzene rings is 1. The summed E-state index contributed by atoms with van der Waals surface area (Å²) in [6.45, 7) is 4.11. The van der Waals surface area contributed by atoms with E-state index in [2.05, 4.69) is 66.5 Å².